The van der Waals surface area contributed by atoms with Gasteiger partial charge in [0, 0.05) is 13.1 Å². The van der Waals surface area contributed by atoms with E-state index in [0.29, 0.717) is 5.92 Å². The van der Waals surface area contributed by atoms with E-state index in [2.05, 4.69) is 38.8 Å². The second-order valence-corrected chi connectivity index (χ2v) is 5.70. The molecule has 0 amide bonds. The van der Waals surface area contributed by atoms with E-state index in [0.717, 1.165) is 31.4 Å². The van der Waals surface area contributed by atoms with Gasteiger partial charge in [-0.3, -0.25) is 4.90 Å². The van der Waals surface area contributed by atoms with Crippen molar-refractivity contribution in [2.24, 2.45) is 11.8 Å². The van der Waals surface area contributed by atoms with E-state index >= 15 is 0 Å². The van der Waals surface area contributed by atoms with Crippen molar-refractivity contribution in [1.82, 2.24) is 25.0 Å². The first-order valence-corrected chi connectivity index (χ1v) is 6.92. The van der Waals surface area contributed by atoms with Gasteiger partial charge in [0.2, 0.25) is 0 Å². The van der Waals surface area contributed by atoms with Gasteiger partial charge in [0.25, 0.3) is 0 Å². The minimum absolute atomic E-state index is 0.612. The molecule has 0 saturated carbocycles. The third-order valence-electron chi connectivity index (χ3n) is 3.46. The van der Waals surface area contributed by atoms with Crippen LogP contribution in [0, 0.1) is 11.8 Å². The van der Waals surface area contributed by atoms with Gasteiger partial charge in [0.1, 0.15) is 12.2 Å². The molecule has 1 saturated heterocycles. The molecule has 1 aliphatic rings. The first kappa shape index (κ1) is 13.5. The monoisotopic (exact) mass is 251 g/mol. The Balaban J connectivity index is 1.88. The highest BCUT2D eigenvalue weighted by Gasteiger charge is 2.23. The molecule has 0 aliphatic carbocycles. The molecule has 1 aromatic rings. The highest BCUT2D eigenvalue weighted by molar-refractivity contribution is 4.88. The minimum atomic E-state index is 0.612. The van der Waals surface area contributed by atoms with Crippen LogP contribution < -0.4 is 5.32 Å². The summed E-state index contributed by atoms with van der Waals surface area (Å²) < 4.78 is 2.05. The van der Waals surface area contributed by atoms with Crippen LogP contribution in [-0.2, 0) is 13.1 Å². The van der Waals surface area contributed by atoms with Crippen molar-refractivity contribution >= 4 is 0 Å². The van der Waals surface area contributed by atoms with E-state index in [1.807, 2.05) is 7.05 Å². The first-order valence-electron chi connectivity index (χ1n) is 6.92. The first-order chi connectivity index (χ1) is 8.69. The Morgan fingerprint density at radius 3 is 3.06 bits per heavy atom. The lowest BCUT2D eigenvalue weighted by Crippen LogP contribution is -2.26. The minimum Gasteiger partial charge on any atom is -0.319 e. The Morgan fingerprint density at radius 2 is 2.33 bits per heavy atom. The van der Waals surface area contributed by atoms with Crippen molar-refractivity contribution in [3.8, 4) is 0 Å². The van der Waals surface area contributed by atoms with Crippen molar-refractivity contribution in [1.29, 1.82) is 0 Å². The van der Waals surface area contributed by atoms with Gasteiger partial charge in [0.15, 0.2) is 0 Å². The summed E-state index contributed by atoms with van der Waals surface area (Å²) in [6.07, 6.45) is 2.97. The summed E-state index contributed by atoms with van der Waals surface area (Å²) in [5.74, 6) is 2.51. The quantitative estimate of drug-likeness (QED) is 0.818. The van der Waals surface area contributed by atoms with E-state index in [4.69, 9.17) is 0 Å². The van der Waals surface area contributed by atoms with E-state index in [1.54, 1.807) is 6.33 Å². The van der Waals surface area contributed by atoms with Crippen LogP contribution >= 0.6 is 0 Å². The Kier molecular flexibility index (Phi) is 4.72. The van der Waals surface area contributed by atoms with Crippen LogP contribution in [0.1, 0.15) is 26.1 Å². The maximum Gasteiger partial charge on any atom is 0.141 e. The van der Waals surface area contributed by atoms with Gasteiger partial charge >= 0.3 is 0 Å². The molecule has 102 valence electrons. The Bertz CT molecular complexity index is 360. The van der Waals surface area contributed by atoms with Gasteiger partial charge in [-0.15, -0.1) is 0 Å². The third kappa shape index (κ3) is 3.53. The largest absolute Gasteiger partial charge is 0.319 e. The molecule has 1 unspecified atom stereocenters. The molecular formula is C13H25N5. The molecule has 2 rings (SSSR count). The number of hydrogen-bond donors (Lipinski definition) is 1. The molecule has 5 nitrogen and oxygen atoms in total. The van der Waals surface area contributed by atoms with Crippen LogP contribution in [0.3, 0.4) is 0 Å². The van der Waals surface area contributed by atoms with Crippen LogP contribution in [-0.4, -0.2) is 46.3 Å². The molecular weight excluding hydrogens is 226 g/mol. The molecule has 5 heteroatoms. The lowest BCUT2D eigenvalue weighted by atomic mass is 10.1. The zero-order chi connectivity index (χ0) is 13.0. The maximum absolute atomic E-state index is 4.40. The topological polar surface area (TPSA) is 46.0 Å². The van der Waals surface area contributed by atoms with Crippen LogP contribution in [0.4, 0.5) is 0 Å². The Morgan fingerprint density at radius 1 is 1.50 bits per heavy atom. The number of nitrogens with zero attached hydrogens (tertiary/aromatic N) is 4. The van der Waals surface area contributed by atoms with E-state index in [9.17, 15) is 0 Å². The average molecular weight is 251 g/mol. The lowest BCUT2D eigenvalue weighted by Gasteiger charge is -2.16. The van der Waals surface area contributed by atoms with Crippen molar-refractivity contribution in [3.05, 3.63) is 12.2 Å². The van der Waals surface area contributed by atoms with Crippen LogP contribution in [0.2, 0.25) is 0 Å². The molecule has 1 aliphatic heterocycles. The second-order valence-electron chi connectivity index (χ2n) is 5.70. The fraction of sp³-hybridized carbons (Fsp3) is 0.846. The standard InChI is InChI=1S/C13H25N5/c1-11(2)7-18-13(15-10-16-18)9-17-5-4-12(8-17)6-14-3/h10-12,14H,4-9H2,1-3H3. The summed E-state index contributed by atoms with van der Waals surface area (Å²) in [4.78, 5) is 6.89. The Labute approximate surface area is 110 Å². The van der Waals surface area contributed by atoms with Crippen molar-refractivity contribution in [2.75, 3.05) is 26.7 Å². The number of hydrogen-bond acceptors (Lipinski definition) is 4. The van der Waals surface area contributed by atoms with Crippen molar-refractivity contribution in [2.45, 2.75) is 33.4 Å². The predicted molar refractivity (Wildman–Crippen MR) is 72.2 cm³/mol. The lowest BCUT2D eigenvalue weighted by molar-refractivity contribution is 0.296. The van der Waals surface area contributed by atoms with Gasteiger partial charge in [-0.2, -0.15) is 5.10 Å². The molecule has 1 fully saturated rings. The summed E-state index contributed by atoms with van der Waals surface area (Å²) in [6.45, 7) is 9.80. The normalized spacial score (nSPS) is 21.0. The van der Waals surface area contributed by atoms with Gasteiger partial charge in [-0.1, -0.05) is 13.8 Å². The van der Waals surface area contributed by atoms with Crippen LogP contribution in [0.15, 0.2) is 6.33 Å². The van der Waals surface area contributed by atoms with Crippen LogP contribution in [0.25, 0.3) is 0 Å². The average Bonchev–Trinajstić information content (AvgIpc) is 2.90. The van der Waals surface area contributed by atoms with E-state index in [-0.39, 0.29) is 0 Å². The second kappa shape index (κ2) is 6.29. The number of likely N-dealkylation sites (tertiary alicyclic amines) is 1. The molecule has 1 N–H and O–H groups in total. The molecule has 0 radical (unpaired) electrons. The molecule has 2 heterocycles. The zero-order valence-corrected chi connectivity index (χ0v) is 11.8. The Hall–Kier alpha value is -0.940. The number of nitrogens with one attached hydrogen (secondary N) is 1. The fourth-order valence-corrected chi connectivity index (χ4v) is 2.62. The van der Waals surface area contributed by atoms with Gasteiger partial charge in [0.05, 0.1) is 6.54 Å². The summed E-state index contributed by atoms with van der Waals surface area (Å²) in [7, 11) is 2.03. The molecule has 18 heavy (non-hydrogen) atoms. The number of rotatable bonds is 6. The molecule has 1 aromatic heterocycles. The zero-order valence-electron chi connectivity index (χ0n) is 11.8. The highest BCUT2D eigenvalue weighted by atomic mass is 15.3. The van der Waals surface area contributed by atoms with E-state index in [1.165, 1.54) is 19.5 Å². The predicted octanol–water partition coefficient (Wildman–Crippen LogP) is 0.975. The summed E-state index contributed by atoms with van der Waals surface area (Å²) >= 11 is 0. The maximum atomic E-state index is 4.40. The van der Waals surface area contributed by atoms with Crippen molar-refractivity contribution < 1.29 is 0 Å². The molecule has 0 aromatic carbocycles. The highest BCUT2D eigenvalue weighted by Crippen LogP contribution is 2.17. The van der Waals surface area contributed by atoms with Crippen LogP contribution in [0.5, 0.6) is 0 Å². The third-order valence-corrected chi connectivity index (χ3v) is 3.46. The van der Waals surface area contributed by atoms with E-state index < -0.39 is 0 Å². The van der Waals surface area contributed by atoms with Gasteiger partial charge < -0.3 is 5.32 Å². The molecule has 0 spiro atoms. The fourth-order valence-electron chi connectivity index (χ4n) is 2.62. The summed E-state index contributed by atoms with van der Waals surface area (Å²) in [5, 5.41) is 7.59. The number of aromatic nitrogens is 3. The smallest absolute Gasteiger partial charge is 0.141 e. The summed E-state index contributed by atoms with van der Waals surface area (Å²) in [5.41, 5.74) is 0. The van der Waals surface area contributed by atoms with Gasteiger partial charge in [-0.25, -0.2) is 9.67 Å². The summed E-state index contributed by atoms with van der Waals surface area (Å²) in [6, 6.07) is 0. The van der Waals surface area contributed by atoms with Crippen molar-refractivity contribution in [3.63, 3.8) is 0 Å². The SMILES string of the molecule is CNCC1CCN(Cc2ncnn2CC(C)C)C1. The molecule has 1 atom stereocenters. The van der Waals surface area contributed by atoms with Gasteiger partial charge in [-0.05, 0) is 38.4 Å². The molecule has 0 bridgehead atoms.